The molecule has 0 unspecified atom stereocenters. The van der Waals surface area contributed by atoms with E-state index in [1.165, 1.54) is 22.9 Å². The van der Waals surface area contributed by atoms with Gasteiger partial charge in [0, 0.05) is 16.8 Å². The molecule has 0 aliphatic heterocycles. The average Bonchev–Trinajstić information content (AvgIpc) is 2.68. The zero-order valence-corrected chi connectivity index (χ0v) is 16.2. The van der Waals surface area contributed by atoms with Crippen LogP contribution in [-0.4, -0.2) is 21.1 Å². The third kappa shape index (κ3) is 3.99. The van der Waals surface area contributed by atoms with E-state index in [0.717, 1.165) is 5.56 Å². The summed E-state index contributed by atoms with van der Waals surface area (Å²) in [5, 5.41) is 5.18. The fraction of sp³-hybridized carbons (Fsp3) is 0.0952. The van der Waals surface area contributed by atoms with Gasteiger partial charge in [-0.3, -0.25) is 9.78 Å². The summed E-state index contributed by atoms with van der Waals surface area (Å²) in [6.45, 7) is 1.79. The number of benzene rings is 2. The first-order valence-electron chi connectivity index (χ1n) is 8.73. The van der Waals surface area contributed by atoms with Gasteiger partial charge >= 0.3 is 6.36 Å². The maximum Gasteiger partial charge on any atom is 0.573 e. The third-order valence-electron chi connectivity index (χ3n) is 4.28. The molecule has 0 saturated carbocycles. The van der Waals surface area contributed by atoms with Gasteiger partial charge in [-0.1, -0.05) is 23.7 Å². The Labute approximate surface area is 173 Å². The number of halogens is 4. The van der Waals surface area contributed by atoms with Gasteiger partial charge in [0.25, 0.3) is 5.56 Å². The highest BCUT2D eigenvalue weighted by atomic mass is 35.5. The van der Waals surface area contributed by atoms with E-state index in [0.29, 0.717) is 16.3 Å². The van der Waals surface area contributed by atoms with Gasteiger partial charge in [0.1, 0.15) is 17.0 Å². The molecule has 0 radical (unpaired) electrons. The number of hydrogen-bond acceptors (Lipinski definition) is 4. The Kier molecular flexibility index (Phi) is 4.95. The van der Waals surface area contributed by atoms with Gasteiger partial charge in [0.15, 0.2) is 0 Å². The van der Waals surface area contributed by atoms with Gasteiger partial charge < -0.3 is 4.74 Å². The van der Waals surface area contributed by atoms with Crippen molar-refractivity contribution in [3.8, 4) is 22.7 Å². The maximum atomic E-state index is 13.1. The van der Waals surface area contributed by atoms with E-state index in [9.17, 15) is 18.0 Å². The van der Waals surface area contributed by atoms with Crippen LogP contribution in [0.25, 0.3) is 27.8 Å². The lowest BCUT2D eigenvalue weighted by Crippen LogP contribution is -2.22. The van der Waals surface area contributed by atoms with Crippen molar-refractivity contribution < 1.29 is 17.9 Å². The summed E-state index contributed by atoms with van der Waals surface area (Å²) in [4.78, 5) is 17.4. The topological polar surface area (TPSA) is 57.0 Å². The molecule has 30 heavy (non-hydrogen) atoms. The van der Waals surface area contributed by atoms with Crippen molar-refractivity contribution in [1.82, 2.24) is 14.8 Å². The van der Waals surface area contributed by atoms with Crippen LogP contribution >= 0.6 is 11.6 Å². The summed E-state index contributed by atoms with van der Waals surface area (Å²) in [6.07, 6.45) is -3.26. The van der Waals surface area contributed by atoms with Crippen LogP contribution in [0.15, 0.2) is 65.6 Å². The normalized spacial score (nSPS) is 11.6. The smallest absolute Gasteiger partial charge is 0.406 e. The van der Waals surface area contributed by atoms with E-state index < -0.39 is 17.7 Å². The molecule has 0 atom stereocenters. The first-order chi connectivity index (χ1) is 14.2. The summed E-state index contributed by atoms with van der Waals surface area (Å²) in [6, 6.07) is 13.5. The highest BCUT2D eigenvalue weighted by molar-refractivity contribution is 6.30. The minimum absolute atomic E-state index is 0.243. The predicted molar refractivity (Wildman–Crippen MR) is 107 cm³/mol. The lowest BCUT2D eigenvalue weighted by molar-refractivity contribution is -0.274. The molecule has 4 rings (SSSR count). The largest absolute Gasteiger partial charge is 0.573 e. The van der Waals surface area contributed by atoms with Crippen LogP contribution < -0.4 is 10.3 Å². The summed E-state index contributed by atoms with van der Waals surface area (Å²) < 4.78 is 43.1. The molecule has 152 valence electrons. The monoisotopic (exact) mass is 431 g/mol. The van der Waals surface area contributed by atoms with Crippen LogP contribution in [-0.2, 0) is 0 Å². The van der Waals surface area contributed by atoms with Gasteiger partial charge in [-0.15, -0.1) is 13.2 Å². The van der Waals surface area contributed by atoms with E-state index in [1.807, 2.05) is 0 Å². The molecule has 9 heteroatoms. The molecule has 0 aliphatic carbocycles. The number of ether oxygens (including phenoxy) is 1. The van der Waals surface area contributed by atoms with E-state index in [2.05, 4.69) is 14.8 Å². The minimum atomic E-state index is -4.83. The first-order valence-corrected chi connectivity index (χ1v) is 9.11. The lowest BCUT2D eigenvalue weighted by atomic mass is 10.1. The number of aryl methyl sites for hydroxylation is 1. The number of nitrogens with zero attached hydrogens (tertiary/aromatic N) is 3. The van der Waals surface area contributed by atoms with Gasteiger partial charge in [-0.25, -0.2) is 0 Å². The maximum absolute atomic E-state index is 13.1. The predicted octanol–water partition coefficient (Wildman–Crippen LogP) is 5.31. The van der Waals surface area contributed by atoms with Crippen LogP contribution in [0.2, 0.25) is 5.02 Å². The number of rotatable bonds is 3. The molecule has 0 N–H and O–H groups in total. The molecule has 0 fully saturated rings. The van der Waals surface area contributed by atoms with Crippen LogP contribution in [0.5, 0.6) is 5.75 Å². The second kappa shape index (κ2) is 7.46. The molecule has 0 spiro atoms. The van der Waals surface area contributed by atoms with E-state index in [-0.39, 0.29) is 16.6 Å². The van der Waals surface area contributed by atoms with Crippen molar-refractivity contribution in [3.05, 3.63) is 81.7 Å². The second-order valence-corrected chi connectivity index (χ2v) is 6.96. The van der Waals surface area contributed by atoms with Crippen LogP contribution in [0, 0.1) is 6.92 Å². The quantitative estimate of drug-likeness (QED) is 0.441. The Morgan fingerprint density at radius 1 is 1.07 bits per heavy atom. The molecule has 0 amide bonds. The Morgan fingerprint density at radius 3 is 2.50 bits per heavy atom. The van der Waals surface area contributed by atoms with Gasteiger partial charge in [0.05, 0.1) is 11.1 Å². The van der Waals surface area contributed by atoms with E-state index in [4.69, 9.17) is 11.6 Å². The molecule has 4 aromatic rings. The highest BCUT2D eigenvalue weighted by Crippen LogP contribution is 2.30. The molecule has 2 aromatic heterocycles. The zero-order valence-electron chi connectivity index (χ0n) is 15.4. The van der Waals surface area contributed by atoms with Crippen LogP contribution in [0.3, 0.4) is 0 Å². The number of alkyl halides is 3. The molecule has 0 bridgehead atoms. The SMILES string of the molecule is Cc1cnc2c(-c3cccc(OC(F)(F)F)c3)nn(-c3ccc(Cl)cc3)c(=O)c2c1. The average molecular weight is 432 g/mol. The molecular formula is C21H13ClF3N3O2. The van der Waals surface area contributed by atoms with Gasteiger partial charge in [0.2, 0.25) is 0 Å². The van der Waals surface area contributed by atoms with E-state index in [1.54, 1.807) is 49.5 Å². The molecule has 0 saturated heterocycles. The summed E-state index contributed by atoms with van der Waals surface area (Å²) in [7, 11) is 0. The standard InChI is InChI=1S/C21H13ClF3N3O2/c1-12-9-17-19(26-11-12)18(13-3-2-4-16(10-13)30-21(23,24)25)27-28(20(17)29)15-7-5-14(22)6-8-15/h2-11H,1H3. The second-order valence-electron chi connectivity index (χ2n) is 6.53. The van der Waals surface area contributed by atoms with Crippen molar-refractivity contribution in [2.75, 3.05) is 0 Å². The molecular weight excluding hydrogens is 419 g/mol. The Hall–Kier alpha value is -3.39. The highest BCUT2D eigenvalue weighted by Gasteiger charge is 2.31. The van der Waals surface area contributed by atoms with Crippen molar-refractivity contribution in [2.24, 2.45) is 0 Å². The van der Waals surface area contributed by atoms with Crippen molar-refractivity contribution in [3.63, 3.8) is 0 Å². The number of hydrogen-bond donors (Lipinski definition) is 0. The van der Waals surface area contributed by atoms with Gasteiger partial charge in [-0.2, -0.15) is 9.78 Å². The van der Waals surface area contributed by atoms with Crippen molar-refractivity contribution in [2.45, 2.75) is 13.3 Å². The Morgan fingerprint density at radius 2 is 1.80 bits per heavy atom. The van der Waals surface area contributed by atoms with Crippen molar-refractivity contribution >= 4 is 22.5 Å². The third-order valence-corrected chi connectivity index (χ3v) is 4.54. The zero-order chi connectivity index (χ0) is 21.5. The minimum Gasteiger partial charge on any atom is -0.406 e. The number of pyridine rings is 1. The number of fused-ring (bicyclic) bond motifs is 1. The summed E-state index contributed by atoms with van der Waals surface area (Å²) in [5.74, 6) is -0.397. The van der Waals surface area contributed by atoms with Crippen LogP contribution in [0.4, 0.5) is 13.2 Å². The first kappa shape index (κ1) is 19.9. The molecule has 2 aromatic carbocycles. The lowest BCUT2D eigenvalue weighted by Gasteiger charge is -2.13. The number of aromatic nitrogens is 3. The Bertz CT molecular complexity index is 1300. The summed E-state index contributed by atoms with van der Waals surface area (Å²) >= 11 is 5.93. The fourth-order valence-electron chi connectivity index (χ4n) is 3.02. The molecule has 2 heterocycles. The van der Waals surface area contributed by atoms with E-state index >= 15 is 0 Å². The summed E-state index contributed by atoms with van der Waals surface area (Å²) in [5.41, 5.74) is 1.65. The van der Waals surface area contributed by atoms with Crippen molar-refractivity contribution in [1.29, 1.82) is 0 Å². The fourth-order valence-corrected chi connectivity index (χ4v) is 3.15. The molecule has 0 aliphatic rings. The molecule has 5 nitrogen and oxygen atoms in total. The van der Waals surface area contributed by atoms with Crippen LogP contribution in [0.1, 0.15) is 5.56 Å². The Balaban J connectivity index is 1.98. The van der Waals surface area contributed by atoms with Gasteiger partial charge in [-0.05, 0) is 55.0 Å².